The highest BCUT2D eigenvalue weighted by Crippen LogP contribution is 2.24. The number of ether oxygens (including phenoxy) is 1. The van der Waals surface area contributed by atoms with Crippen molar-refractivity contribution < 1.29 is 54.6 Å². The maximum Gasteiger partial charge on any atom is 0.328 e. The molecule has 6 N–H and O–H groups in total. The van der Waals surface area contributed by atoms with E-state index in [1.54, 1.807) is 13.8 Å². The van der Waals surface area contributed by atoms with Crippen molar-refractivity contribution in [3.8, 4) is 0 Å². The zero-order valence-corrected chi connectivity index (χ0v) is 29.0. The van der Waals surface area contributed by atoms with Gasteiger partial charge in [0.2, 0.25) is 0 Å². The van der Waals surface area contributed by atoms with Crippen molar-refractivity contribution in [3.63, 3.8) is 0 Å². The van der Waals surface area contributed by atoms with Crippen molar-refractivity contribution >= 4 is 23.9 Å². The largest absolute Gasteiger partial charge is 0.481 e. The van der Waals surface area contributed by atoms with Gasteiger partial charge in [0.1, 0.15) is 17.9 Å². The predicted octanol–water partition coefficient (Wildman–Crippen LogP) is 5.69. The number of carbonyl (C=O) groups is 4. The summed E-state index contributed by atoms with van der Waals surface area (Å²) in [7, 11) is 0. The number of aliphatic hydroxyl groups excluding tert-OH is 3. The van der Waals surface area contributed by atoms with E-state index in [1.807, 2.05) is 26.0 Å². The Hall–Kier alpha value is -3.28. The molecule has 0 rings (SSSR count). The van der Waals surface area contributed by atoms with Gasteiger partial charge in [0, 0.05) is 12.2 Å². The number of esters is 1. The number of unbranched alkanes of at least 4 members (excludes halogenated alkanes) is 2. The number of allylic oxidation sites excluding steroid dienone is 6. The highest BCUT2D eigenvalue weighted by molar-refractivity contribution is 5.81. The fourth-order valence-electron chi connectivity index (χ4n) is 5.84. The molecule has 47 heavy (non-hydrogen) atoms. The lowest BCUT2D eigenvalue weighted by molar-refractivity contribution is -0.169. The van der Waals surface area contributed by atoms with Crippen LogP contribution in [0.2, 0.25) is 0 Å². The van der Waals surface area contributed by atoms with Gasteiger partial charge >= 0.3 is 23.9 Å². The molecule has 0 aromatic carbocycles. The van der Waals surface area contributed by atoms with Gasteiger partial charge in [0.05, 0.1) is 19.3 Å². The fraction of sp³-hybridized carbons (Fsp3) is 0.667. The number of hydrogen-bond acceptors (Lipinski definition) is 8. The monoisotopic (exact) mass is 666 g/mol. The number of aliphatic hydroxyl groups is 3. The molecule has 6 atom stereocenters. The topological polar surface area (TPSA) is 199 Å². The van der Waals surface area contributed by atoms with Crippen LogP contribution in [0.1, 0.15) is 106 Å². The Morgan fingerprint density at radius 2 is 1.02 bits per heavy atom. The first-order valence-corrected chi connectivity index (χ1v) is 16.5. The summed E-state index contributed by atoms with van der Waals surface area (Å²) in [6.45, 7) is 10.1. The third kappa shape index (κ3) is 20.5. The van der Waals surface area contributed by atoms with Crippen LogP contribution >= 0.6 is 0 Å². The van der Waals surface area contributed by atoms with Crippen LogP contribution in [0.15, 0.2) is 46.6 Å². The summed E-state index contributed by atoms with van der Waals surface area (Å²) >= 11 is 0. The highest BCUT2D eigenvalue weighted by Gasteiger charge is 2.35. The normalized spacial score (nSPS) is 17.0. The number of rotatable bonds is 25. The SMILES string of the molecule is CC(=C\C(=O)O)/C=C(\C)C[C@H](C)CCCC[C@H](OC(=O)[C@H](CO)[C@@H](O)CCCC[C@@H](C)C/C(C)=C/C(C)=C/C(=O)O)[C@@H](CO)C(=O)O. The summed E-state index contributed by atoms with van der Waals surface area (Å²) in [6, 6.07) is 0. The first-order chi connectivity index (χ1) is 22.0. The summed E-state index contributed by atoms with van der Waals surface area (Å²) in [6.07, 6.45) is 9.91. The summed E-state index contributed by atoms with van der Waals surface area (Å²) in [5.41, 5.74) is 3.42. The van der Waals surface area contributed by atoms with E-state index in [1.165, 1.54) is 0 Å². The lowest BCUT2D eigenvalue weighted by Crippen LogP contribution is -2.40. The van der Waals surface area contributed by atoms with Gasteiger partial charge in [-0.15, -0.1) is 0 Å². The van der Waals surface area contributed by atoms with E-state index >= 15 is 0 Å². The average molecular weight is 667 g/mol. The second-order valence-electron chi connectivity index (χ2n) is 13.1. The van der Waals surface area contributed by atoms with Crippen LogP contribution in [0.3, 0.4) is 0 Å². The molecule has 0 aromatic heterocycles. The van der Waals surface area contributed by atoms with Crippen molar-refractivity contribution in [2.75, 3.05) is 13.2 Å². The summed E-state index contributed by atoms with van der Waals surface area (Å²) in [5.74, 6) is -6.19. The lowest BCUT2D eigenvalue weighted by atomic mass is 9.92. The van der Waals surface area contributed by atoms with E-state index in [4.69, 9.17) is 14.9 Å². The molecule has 268 valence electrons. The van der Waals surface area contributed by atoms with Crippen LogP contribution < -0.4 is 0 Å². The number of carbonyl (C=O) groups excluding carboxylic acids is 1. The van der Waals surface area contributed by atoms with Gasteiger partial charge in [-0.05, 0) is 82.8 Å². The molecule has 0 spiro atoms. The molecule has 0 aliphatic carbocycles. The number of carboxylic acid groups (broad SMARTS) is 3. The molecule has 0 fully saturated rings. The minimum absolute atomic E-state index is 0.191. The van der Waals surface area contributed by atoms with E-state index in [0.717, 1.165) is 55.4 Å². The first-order valence-electron chi connectivity index (χ1n) is 16.5. The maximum atomic E-state index is 13.0. The van der Waals surface area contributed by atoms with Crippen LogP contribution in [0.25, 0.3) is 0 Å². The third-order valence-electron chi connectivity index (χ3n) is 8.07. The molecule has 0 saturated carbocycles. The fourth-order valence-corrected chi connectivity index (χ4v) is 5.84. The van der Waals surface area contributed by atoms with E-state index in [2.05, 4.69) is 13.8 Å². The predicted molar refractivity (Wildman–Crippen MR) is 179 cm³/mol. The Morgan fingerprint density at radius 3 is 1.40 bits per heavy atom. The summed E-state index contributed by atoms with van der Waals surface area (Å²) in [5, 5.41) is 57.7. The molecule has 0 heterocycles. The van der Waals surface area contributed by atoms with Crippen LogP contribution in [-0.4, -0.2) is 79.9 Å². The Bertz CT molecular complexity index is 1120. The van der Waals surface area contributed by atoms with Crippen LogP contribution in [0.4, 0.5) is 0 Å². The average Bonchev–Trinajstić information content (AvgIpc) is 2.92. The van der Waals surface area contributed by atoms with Crippen LogP contribution in [0.5, 0.6) is 0 Å². The van der Waals surface area contributed by atoms with Gasteiger partial charge in [-0.3, -0.25) is 9.59 Å². The molecule has 0 saturated heterocycles. The Labute approximate surface area is 279 Å². The number of hydrogen-bond donors (Lipinski definition) is 6. The van der Waals surface area contributed by atoms with Crippen LogP contribution in [0, 0.1) is 23.7 Å². The first kappa shape index (κ1) is 43.7. The lowest BCUT2D eigenvalue weighted by Gasteiger charge is -2.27. The second kappa shape index (κ2) is 23.9. The molecular formula is C36H58O11. The van der Waals surface area contributed by atoms with Gasteiger partial charge in [-0.25, -0.2) is 9.59 Å². The second-order valence-corrected chi connectivity index (χ2v) is 13.1. The molecule has 11 nitrogen and oxygen atoms in total. The molecule has 0 amide bonds. The summed E-state index contributed by atoms with van der Waals surface area (Å²) in [4.78, 5) is 46.4. The van der Waals surface area contributed by atoms with Gasteiger partial charge in [-0.1, -0.05) is 69.2 Å². The quantitative estimate of drug-likeness (QED) is 0.0303. The highest BCUT2D eigenvalue weighted by atomic mass is 16.5. The molecule has 0 aliphatic rings. The molecule has 0 aliphatic heterocycles. The Kier molecular flexibility index (Phi) is 22.3. The van der Waals surface area contributed by atoms with Crippen molar-refractivity contribution in [2.45, 2.75) is 118 Å². The van der Waals surface area contributed by atoms with E-state index in [-0.39, 0.29) is 18.8 Å². The standard InChI is InChI=1S/C36H58O11/c1-23(15-25(3)17-27(5)19-33(40)41)11-7-9-13-31(39)29(21-37)36(46)47-32(30(22-38)35(44)45)14-10-8-12-24(2)16-26(4)18-28(6)20-34(42)43/h17-20,23-24,29-32,37-39H,7-16,21-22H2,1-6H3,(H,40,41)(H,42,43)(H,44,45)/b25-17+,26-18+,27-19+,28-20+/t23-,24-,29-,30-,31+,32+/m1/s1. The third-order valence-corrected chi connectivity index (χ3v) is 8.07. The molecule has 0 unspecified atom stereocenters. The minimum atomic E-state index is -1.34. The molecule has 11 heteroatoms. The van der Waals surface area contributed by atoms with Gasteiger partial charge in [0.25, 0.3) is 0 Å². The minimum Gasteiger partial charge on any atom is -0.481 e. The Morgan fingerprint density at radius 1 is 0.617 bits per heavy atom. The van der Waals surface area contributed by atoms with E-state index in [9.17, 15) is 39.6 Å². The van der Waals surface area contributed by atoms with Crippen LogP contribution in [-0.2, 0) is 23.9 Å². The number of aliphatic carboxylic acids is 3. The zero-order valence-electron chi connectivity index (χ0n) is 29.0. The molecule has 0 bridgehead atoms. The van der Waals surface area contributed by atoms with E-state index < -0.39 is 61.1 Å². The molecular weight excluding hydrogens is 608 g/mol. The van der Waals surface area contributed by atoms with Crippen molar-refractivity contribution in [1.82, 2.24) is 0 Å². The summed E-state index contributed by atoms with van der Waals surface area (Å²) < 4.78 is 5.52. The van der Waals surface area contributed by atoms with E-state index in [0.29, 0.717) is 36.3 Å². The van der Waals surface area contributed by atoms with Crippen molar-refractivity contribution in [3.05, 3.63) is 46.6 Å². The van der Waals surface area contributed by atoms with Crippen molar-refractivity contribution in [1.29, 1.82) is 0 Å². The Balaban J connectivity index is 5.02. The maximum absolute atomic E-state index is 13.0. The van der Waals surface area contributed by atoms with Crippen molar-refractivity contribution in [2.24, 2.45) is 23.7 Å². The van der Waals surface area contributed by atoms with Gasteiger partial charge in [-0.2, -0.15) is 0 Å². The molecule has 0 radical (unpaired) electrons. The van der Waals surface area contributed by atoms with Gasteiger partial charge < -0.3 is 35.4 Å². The zero-order chi connectivity index (χ0) is 36.1. The number of carboxylic acids is 3. The smallest absolute Gasteiger partial charge is 0.328 e. The van der Waals surface area contributed by atoms with Gasteiger partial charge in [0.15, 0.2) is 0 Å². The molecule has 0 aromatic rings.